The van der Waals surface area contributed by atoms with E-state index in [9.17, 15) is 0 Å². The third-order valence-electron chi connectivity index (χ3n) is 7.08. The Balaban J connectivity index is 1.19. The molecule has 1 aliphatic heterocycles. The number of rotatable bonds is 10. The van der Waals surface area contributed by atoms with Gasteiger partial charge >= 0.3 is 0 Å². The zero-order chi connectivity index (χ0) is 26.0. The lowest BCUT2D eigenvalue weighted by Crippen LogP contribution is -2.30. The van der Waals surface area contributed by atoms with Crippen LogP contribution in [-0.4, -0.2) is 34.5 Å². The molecule has 5 heteroatoms. The molecule has 5 nitrogen and oxygen atoms in total. The van der Waals surface area contributed by atoms with Gasteiger partial charge in [-0.15, -0.1) is 0 Å². The lowest BCUT2D eigenvalue weighted by molar-refractivity contribution is 0.249. The summed E-state index contributed by atoms with van der Waals surface area (Å²) in [6, 6.07) is 27.7. The van der Waals surface area contributed by atoms with E-state index in [0.29, 0.717) is 0 Å². The topological polar surface area (TPSA) is 67.1 Å². The molecular weight excluding hydrogens is 466 g/mol. The predicted molar refractivity (Wildman–Crippen MR) is 158 cm³/mol. The van der Waals surface area contributed by atoms with Gasteiger partial charge in [-0.25, -0.2) is 4.98 Å². The first kappa shape index (κ1) is 25.8. The molecule has 5 rings (SSSR count). The van der Waals surface area contributed by atoms with Crippen LogP contribution in [0.5, 0.6) is 0 Å². The van der Waals surface area contributed by atoms with Crippen LogP contribution in [-0.2, 0) is 13.0 Å². The van der Waals surface area contributed by atoms with Crippen LogP contribution in [0.2, 0.25) is 0 Å². The van der Waals surface area contributed by atoms with Gasteiger partial charge in [0.15, 0.2) is 0 Å². The van der Waals surface area contributed by atoms with Crippen molar-refractivity contribution in [2.45, 2.75) is 38.6 Å². The smallest absolute Gasteiger partial charge is 0.130 e. The minimum atomic E-state index is 0.735. The molecule has 194 valence electrons. The number of piperidine rings is 1. The van der Waals surface area contributed by atoms with Crippen LogP contribution < -0.4 is 11.1 Å². The first-order chi connectivity index (χ1) is 18.7. The fraction of sp³-hybridized carbons (Fsp3) is 0.273. The normalized spacial score (nSPS) is 13.9. The molecule has 0 spiro atoms. The number of pyridine rings is 2. The minimum Gasteiger partial charge on any atom is -0.340 e. The van der Waals surface area contributed by atoms with Gasteiger partial charge in [0.2, 0.25) is 0 Å². The van der Waals surface area contributed by atoms with Gasteiger partial charge in [-0.1, -0.05) is 60.2 Å². The molecule has 0 atom stereocenters. The summed E-state index contributed by atoms with van der Waals surface area (Å²) in [7, 11) is 0. The van der Waals surface area contributed by atoms with Crippen molar-refractivity contribution in [1.29, 1.82) is 0 Å². The van der Waals surface area contributed by atoms with Crippen LogP contribution >= 0.6 is 0 Å². The van der Waals surface area contributed by atoms with Crippen LogP contribution in [0.4, 0.5) is 11.5 Å². The fourth-order valence-electron chi connectivity index (χ4n) is 4.95. The fourth-order valence-corrected chi connectivity index (χ4v) is 4.95. The van der Waals surface area contributed by atoms with Gasteiger partial charge in [0.05, 0.1) is 0 Å². The highest BCUT2D eigenvalue weighted by molar-refractivity contribution is 5.69. The largest absolute Gasteiger partial charge is 0.340 e. The van der Waals surface area contributed by atoms with E-state index in [-0.39, 0.29) is 0 Å². The number of nitrogens with zero attached hydrogens (tertiary/aromatic N) is 3. The Morgan fingerprint density at radius 3 is 2.50 bits per heavy atom. The number of aryl methyl sites for hydroxylation is 1. The molecule has 1 aliphatic rings. The lowest BCUT2D eigenvalue weighted by atomic mass is 10.00. The second-order valence-corrected chi connectivity index (χ2v) is 10.0. The number of aromatic nitrogens is 2. The number of nitrogens with one attached hydrogen (secondary N) is 1. The molecule has 0 bridgehead atoms. The van der Waals surface area contributed by atoms with Crippen molar-refractivity contribution in [2.75, 3.05) is 25.0 Å². The summed E-state index contributed by atoms with van der Waals surface area (Å²) in [5, 5.41) is 3.49. The summed E-state index contributed by atoms with van der Waals surface area (Å²) in [4.78, 5) is 11.7. The van der Waals surface area contributed by atoms with Crippen molar-refractivity contribution in [1.82, 2.24) is 14.9 Å². The molecule has 1 saturated heterocycles. The number of benzene rings is 2. The van der Waals surface area contributed by atoms with Gasteiger partial charge in [0, 0.05) is 49.0 Å². The number of anilines is 2. The van der Waals surface area contributed by atoms with Crippen LogP contribution in [0, 0.1) is 0 Å². The van der Waals surface area contributed by atoms with Gasteiger partial charge in [-0.2, -0.15) is 0 Å². The molecule has 3 N–H and O–H groups in total. The van der Waals surface area contributed by atoms with Crippen LogP contribution in [0.15, 0.2) is 96.8 Å². The van der Waals surface area contributed by atoms with Gasteiger partial charge < -0.3 is 11.1 Å². The average Bonchev–Trinajstić information content (AvgIpc) is 2.96. The Labute approximate surface area is 226 Å². The lowest BCUT2D eigenvalue weighted by Gasteiger charge is -2.28. The maximum absolute atomic E-state index is 5.60. The zero-order valence-electron chi connectivity index (χ0n) is 22.0. The predicted octanol–water partition coefficient (Wildman–Crippen LogP) is 6.85. The monoisotopic (exact) mass is 503 g/mol. The molecule has 0 unspecified atom stereocenters. The number of hydrogen-bond acceptors (Lipinski definition) is 5. The molecule has 38 heavy (non-hydrogen) atoms. The standard InChI is InChI=1S/C33H37N5/c34-17-5-4-10-31-13-12-30(24-36-31)29-14-18-35-33(23-29)37-32-11-6-9-28(22-32)21-26-15-19-38(20-16-26)25-27-7-2-1-3-8-27/h1-3,6-9,11-14,18,21-24H,4-5,10,15-17,19-20,25,34H2,(H,35,37). The first-order valence-electron chi connectivity index (χ1n) is 13.7. The second-order valence-electron chi connectivity index (χ2n) is 10.0. The third kappa shape index (κ3) is 7.37. The Kier molecular flexibility index (Phi) is 8.93. The van der Waals surface area contributed by atoms with Crippen LogP contribution in [0.1, 0.15) is 42.5 Å². The van der Waals surface area contributed by atoms with Gasteiger partial charge in [0.1, 0.15) is 5.82 Å². The molecule has 1 fully saturated rings. The van der Waals surface area contributed by atoms with E-state index < -0.39 is 0 Å². The average molecular weight is 504 g/mol. The van der Waals surface area contributed by atoms with Crippen molar-refractivity contribution in [2.24, 2.45) is 5.73 Å². The SMILES string of the molecule is NCCCCc1ccc(-c2ccnc(Nc3cccc(C=C4CCN(Cc5ccccc5)CC4)c3)c2)cn1. The van der Waals surface area contributed by atoms with E-state index in [4.69, 9.17) is 5.73 Å². The summed E-state index contributed by atoms with van der Waals surface area (Å²) in [5.74, 6) is 0.827. The maximum atomic E-state index is 5.60. The number of nitrogens with two attached hydrogens (primary N) is 1. The van der Waals surface area contributed by atoms with Crippen molar-refractivity contribution < 1.29 is 0 Å². The third-order valence-corrected chi connectivity index (χ3v) is 7.08. The molecule has 0 aliphatic carbocycles. The van der Waals surface area contributed by atoms with Gasteiger partial charge in [-0.3, -0.25) is 9.88 Å². The first-order valence-corrected chi connectivity index (χ1v) is 13.7. The van der Waals surface area contributed by atoms with Gasteiger partial charge in [-0.05, 0) is 85.7 Å². The molecular formula is C33H37N5. The quantitative estimate of drug-likeness (QED) is 0.232. The Bertz CT molecular complexity index is 1320. The summed E-state index contributed by atoms with van der Waals surface area (Å²) in [6.45, 7) is 3.99. The Morgan fingerprint density at radius 2 is 1.71 bits per heavy atom. The summed E-state index contributed by atoms with van der Waals surface area (Å²) in [6.07, 6.45) is 11.5. The van der Waals surface area contributed by atoms with Crippen molar-refractivity contribution >= 4 is 17.6 Å². The summed E-state index contributed by atoms with van der Waals surface area (Å²) < 4.78 is 0. The number of hydrogen-bond donors (Lipinski definition) is 2. The van der Waals surface area contributed by atoms with Crippen molar-refractivity contribution in [3.8, 4) is 11.1 Å². The molecule has 3 heterocycles. The summed E-state index contributed by atoms with van der Waals surface area (Å²) >= 11 is 0. The van der Waals surface area contributed by atoms with E-state index in [1.807, 2.05) is 18.5 Å². The van der Waals surface area contributed by atoms with E-state index in [1.54, 1.807) is 0 Å². The molecule has 2 aromatic carbocycles. The van der Waals surface area contributed by atoms with E-state index in [0.717, 1.165) is 86.6 Å². The molecule has 4 aromatic rings. The van der Waals surface area contributed by atoms with Crippen molar-refractivity contribution in [3.05, 3.63) is 114 Å². The Hall–Kier alpha value is -3.80. The summed E-state index contributed by atoms with van der Waals surface area (Å²) in [5.41, 5.74) is 14.1. The minimum absolute atomic E-state index is 0.735. The molecule has 0 amide bonds. The Morgan fingerprint density at radius 1 is 0.842 bits per heavy atom. The highest BCUT2D eigenvalue weighted by atomic mass is 15.1. The van der Waals surface area contributed by atoms with Crippen LogP contribution in [0.25, 0.3) is 17.2 Å². The van der Waals surface area contributed by atoms with E-state index in [2.05, 4.69) is 99.1 Å². The maximum Gasteiger partial charge on any atom is 0.130 e. The highest BCUT2D eigenvalue weighted by Gasteiger charge is 2.14. The second kappa shape index (κ2) is 13.1. The molecule has 0 radical (unpaired) electrons. The van der Waals surface area contributed by atoms with E-state index >= 15 is 0 Å². The number of unbranched alkanes of at least 4 members (excludes halogenated alkanes) is 1. The van der Waals surface area contributed by atoms with Crippen LogP contribution in [0.3, 0.4) is 0 Å². The van der Waals surface area contributed by atoms with Crippen molar-refractivity contribution in [3.63, 3.8) is 0 Å². The zero-order valence-corrected chi connectivity index (χ0v) is 22.0. The molecule has 2 aromatic heterocycles. The highest BCUT2D eigenvalue weighted by Crippen LogP contribution is 2.25. The number of likely N-dealkylation sites (tertiary alicyclic amines) is 1. The molecule has 0 saturated carbocycles. The van der Waals surface area contributed by atoms with Gasteiger partial charge in [0.25, 0.3) is 0 Å². The van der Waals surface area contributed by atoms with E-state index in [1.165, 1.54) is 16.7 Å².